The number of fused-ring (bicyclic) bond motifs is 4. The van der Waals surface area contributed by atoms with Gasteiger partial charge in [-0.2, -0.15) is 0 Å². The van der Waals surface area contributed by atoms with Crippen molar-refractivity contribution in [3.8, 4) is 23.0 Å². The molecule has 26 nitrogen and oxygen atoms in total. The molecule has 0 saturated heterocycles. The number of nitrogens with one attached hydrogen (secondary N) is 2. The van der Waals surface area contributed by atoms with Crippen LogP contribution in [0, 0.1) is 0 Å². The number of aromatic nitrogens is 1. The van der Waals surface area contributed by atoms with Crippen molar-refractivity contribution in [3.63, 3.8) is 0 Å². The van der Waals surface area contributed by atoms with Gasteiger partial charge in [-0.25, -0.2) is 55.5 Å². The number of rotatable bonds is 19. The smallest absolute Gasteiger partial charge is 0.726 e. The number of benzene rings is 3. The Morgan fingerprint density at radius 2 is 1.17 bits per heavy atom. The number of hydrogen-bond donors (Lipinski definition) is 2. The van der Waals surface area contributed by atoms with Gasteiger partial charge in [0.1, 0.15) is 32.6 Å². The van der Waals surface area contributed by atoms with Crippen LogP contribution in [0.1, 0.15) is 0 Å². The molecule has 0 amide bonds. The van der Waals surface area contributed by atoms with Crippen LogP contribution in [-0.4, -0.2) is 125 Å². The molecular formula is C26H22Cl2N4Na4O22S6. The second kappa shape index (κ2) is 24.5. The molecule has 332 valence electrons. The Hall–Kier alpha value is 0.420. The first-order valence-corrected chi connectivity index (χ1v) is 25.0. The Morgan fingerprint density at radius 3 is 1.72 bits per heavy atom. The minimum absolute atomic E-state index is 0. The minimum Gasteiger partial charge on any atom is -0.726 e. The third kappa shape index (κ3) is 17.4. The molecule has 3 aliphatic rings. The number of hydrogen-bond acceptors (Lipinski definition) is 26. The summed E-state index contributed by atoms with van der Waals surface area (Å²) in [6.45, 7) is -4.75. The van der Waals surface area contributed by atoms with Crippen LogP contribution in [0.4, 0.5) is 17.1 Å². The van der Waals surface area contributed by atoms with Gasteiger partial charge in [0.25, 0.3) is 0 Å². The molecule has 2 N–H and O–H groups in total. The third-order valence-corrected chi connectivity index (χ3v) is 13.3. The van der Waals surface area contributed by atoms with Crippen LogP contribution < -0.4 is 139 Å². The summed E-state index contributed by atoms with van der Waals surface area (Å²) in [6, 6.07) is 4.08. The Bertz CT molecular complexity index is 3110. The molecule has 0 atom stereocenters. The van der Waals surface area contributed by atoms with Crippen molar-refractivity contribution in [2.24, 2.45) is 4.99 Å². The molecule has 0 saturated carbocycles. The van der Waals surface area contributed by atoms with E-state index >= 15 is 0 Å². The van der Waals surface area contributed by atoms with Crippen LogP contribution in [-0.2, 0) is 78.0 Å². The Kier molecular flexibility index (Phi) is 23.9. The fourth-order valence-corrected chi connectivity index (χ4v) is 9.51. The molecule has 5 rings (SSSR count). The van der Waals surface area contributed by atoms with E-state index in [1.165, 1.54) is 0 Å². The van der Waals surface area contributed by atoms with Gasteiger partial charge >= 0.3 is 118 Å². The number of halogens is 2. The summed E-state index contributed by atoms with van der Waals surface area (Å²) in [5.74, 6) is -3.40. The Labute approximate surface area is 463 Å². The molecule has 2 aromatic carbocycles. The maximum atomic E-state index is 13.5. The van der Waals surface area contributed by atoms with Crippen LogP contribution in [0.3, 0.4) is 0 Å². The summed E-state index contributed by atoms with van der Waals surface area (Å²) in [6.07, 6.45) is 0. The standard InChI is InChI=1S/C26H26Cl2N4O22S6.4Na/c27-19-24-26(54-16-10-14(30-2-4-50-58(40,41)42)12-18(22(16)32-24)56(35,36)8-6-52-60(46,47)48)20(28)23-25(19)53-15-9-13(29-1-3-49-57(37,38)39)11-17(21(15)31-23)55(33,34)7-5-51-59(43,44)45;;;;/h9-12,29,31H,1-8H2,(H,37,38,39)(H,40,41,42)(H,43,44,45)(H,46,47,48);;;;/q;4*+1/p-4. The van der Waals surface area contributed by atoms with E-state index in [0.29, 0.717) is 0 Å². The van der Waals surface area contributed by atoms with Gasteiger partial charge < -0.3 is 38.0 Å². The summed E-state index contributed by atoms with van der Waals surface area (Å²) in [4.78, 5) is 6.88. The van der Waals surface area contributed by atoms with E-state index in [1.807, 2.05) is 0 Å². The third-order valence-electron chi connectivity index (χ3n) is 7.36. The zero-order valence-corrected chi connectivity index (χ0v) is 47.5. The molecule has 2 heterocycles. The van der Waals surface area contributed by atoms with E-state index < -0.39 is 155 Å². The van der Waals surface area contributed by atoms with Crippen molar-refractivity contribution in [1.82, 2.24) is 4.98 Å². The average Bonchev–Trinajstić information content (AvgIpc) is 3.10. The predicted molar refractivity (Wildman–Crippen MR) is 196 cm³/mol. The summed E-state index contributed by atoms with van der Waals surface area (Å²) >= 11 is 13.4. The fourth-order valence-electron chi connectivity index (χ4n) is 5.08. The number of nitrogens with zero attached hydrogens (tertiary/aromatic N) is 2. The van der Waals surface area contributed by atoms with Crippen molar-refractivity contribution in [1.29, 1.82) is 0 Å². The molecule has 0 aromatic heterocycles. The minimum atomic E-state index is -5.33. The summed E-state index contributed by atoms with van der Waals surface area (Å²) in [5, 5.41) is 4.14. The van der Waals surface area contributed by atoms with Gasteiger partial charge in [0.05, 0.1) is 59.6 Å². The molecule has 0 fully saturated rings. The monoisotopic (exact) mass is 1100 g/mol. The van der Waals surface area contributed by atoms with E-state index in [4.69, 9.17) is 32.4 Å². The van der Waals surface area contributed by atoms with Gasteiger partial charge in [-0.1, -0.05) is 23.2 Å². The van der Waals surface area contributed by atoms with Crippen molar-refractivity contribution < 1.29 is 213 Å². The van der Waals surface area contributed by atoms with Gasteiger partial charge in [-0.15, -0.1) is 0 Å². The molecular weight excluding hydrogens is 1080 g/mol. The number of anilines is 3. The number of sulfone groups is 2. The first-order chi connectivity index (χ1) is 27.5. The zero-order chi connectivity index (χ0) is 44.6. The fraction of sp³-hybridized carbons (Fsp3) is 0.308. The predicted octanol–water partition coefficient (Wildman–Crippen LogP) is -12.1. The van der Waals surface area contributed by atoms with Crippen molar-refractivity contribution >= 4 is 113 Å². The molecule has 2 aromatic rings. The van der Waals surface area contributed by atoms with E-state index in [2.05, 4.69) is 37.3 Å². The summed E-state index contributed by atoms with van der Waals surface area (Å²) in [5.41, 5.74) is -2.12. The second-order valence-electron chi connectivity index (χ2n) is 11.5. The largest absolute Gasteiger partial charge is 1.00 e. The van der Waals surface area contributed by atoms with E-state index in [-0.39, 0.29) is 152 Å². The van der Waals surface area contributed by atoms with Crippen molar-refractivity contribution in [2.75, 3.05) is 61.7 Å². The molecule has 0 unspecified atom stereocenters. The topological polar surface area (TPSA) is 406 Å². The second-order valence-corrected chi connectivity index (χ2v) is 20.6. The molecule has 2 aliphatic heterocycles. The van der Waals surface area contributed by atoms with E-state index in [9.17, 15) is 68.7 Å². The van der Waals surface area contributed by atoms with Gasteiger partial charge in [-0.05, 0) is 12.1 Å². The van der Waals surface area contributed by atoms with E-state index in [0.717, 1.165) is 24.3 Å². The van der Waals surface area contributed by atoms with Crippen LogP contribution in [0.5, 0.6) is 11.5 Å². The van der Waals surface area contributed by atoms with Gasteiger partial charge in [0.2, 0.25) is 41.6 Å². The molecule has 0 spiro atoms. The molecule has 0 radical (unpaired) electrons. The molecule has 1 aliphatic carbocycles. The molecule has 64 heavy (non-hydrogen) atoms. The first kappa shape index (κ1) is 62.4. The van der Waals surface area contributed by atoms with Gasteiger partial charge in [0, 0.05) is 24.4 Å². The molecule has 38 heteroatoms. The molecule has 0 bridgehead atoms. The van der Waals surface area contributed by atoms with Gasteiger partial charge in [0.15, 0.2) is 42.5 Å². The van der Waals surface area contributed by atoms with E-state index in [1.54, 1.807) is 0 Å². The first-order valence-electron chi connectivity index (χ1n) is 15.6. The normalized spacial score (nSPS) is 13.2. The SMILES string of the molecule is O=S(=O)([O-])OCCN=c1cc2oc3c(Cl)c4c(c(Cl)c3nc-2c(S(=O)(=O)CCOS(=O)(=O)[O-])c1)Oc1cc(NCCOS(=O)(=O)[O-])cc(S(=O)(=O)CCOS(=O)(=O)[O-])c1N4.[Na+].[Na+].[Na+].[Na+]. The average molecular weight is 1100 g/mol. The maximum Gasteiger partial charge on any atom is 1.00 e. The van der Waals surface area contributed by atoms with Crippen LogP contribution in [0.15, 0.2) is 43.5 Å². The van der Waals surface area contributed by atoms with Gasteiger partial charge in [-0.3, -0.25) is 21.7 Å². The van der Waals surface area contributed by atoms with Crippen molar-refractivity contribution in [2.45, 2.75) is 9.79 Å². The van der Waals surface area contributed by atoms with Crippen LogP contribution >= 0.6 is 23.2 Å². The Balaban J connectivity index is 0.00000512. The maximum absolute atomic E-state index is 13.5. The van der Waals surface area contributed by atoms with Crippen molar-refractivity contribution in [3.05, 3.63) is 39.7 Å². The zero-order valence-electron chi connectivity index (χ0n) is 33.0. The van der Waals surface area contributed by atoms with Crippen LogP contribution in [0.25, 0.3) is 22.6 Å². The summed E-state index contributed by atoms with van der Waals surface area (Å²) in [7, 11) is -30.2. The number of ether oxygens (including phenoxy) is 1. The quantitative estimate of drug-likeness (QED) is 0.0255. The summed E-state index contributed by atoms with van der Waals surface area (Å²) < 4.78 is 213. The Morgan fingerprint density at radius 1 is 0.656 bits per heavy atom. The van der Waals surface area contributed by atoms with Crippen LogP contribution in [0.2, 0.25) is 10.0 Å².